The van der Waals surface area contributed by atoms with E-state index < -0.39 is 0 Å². The van der Waals surface area contributed by atoms with Gasteiger partial charge in [-0.15, -0.1) is 0 Å². The first-order valence-corrected chi connectivity index (χ1v) is 6.29. The van der Waals surface area contributed by atoms with Crippen molar-refractivity contribution in [3.05, 3.63) is 47.6 Å². The van der Waals surface area contributed by atoms with E-state index in [0.717, 1.165) is 11.9 Å². The molecule has 1 nitrogen and oxygen atoms in total. The van der Waals surface area contributed by atoms with Crippen LogP contribution >= 0.6 is 0 Å². The zero-order chi connectivity index (χ0) is 13.1. The van der Waals surface area contributed by atoms with Gasteiger partial charge in [0.2, 0.25) is 0 Å². The topological polar surface area (TPSA) is 17.1 Å². The highest BCUT2D eigenvalue weighted by Gasteiger charge is 1.95. The molecule has 0 aromatic rings. The van der Waals surface area contributed by atoms with Gasteiger partial charge in [0.15, 0.2) is 0 Å². The standard InChI is InChI=1S/C16H24O/c1-5-16(6-2)11-10-14(3)8-7-9-15(4)12-13-17/h7-13,16H,5-6H2,1-4H3/b9-7-,11-10+,14-8+,15-12+. The molecule has 0 unspecified atom stereocenters. The van der Waals surface area contributed by atoms with Crippen molar-refractivity contribution in [2.45, 2.75) is 40.5 Å². The van der Waals surface area contributed by atoms with Crippen molar-refractivity contribution >= 4 is 6.29 Å². The number of carbonyl (C=O) groups is 1. The Kier molecular flexibility index (Phi) is 9.04. The number of hydrogen-bond donors (Lipinski definition) is 0. The van der Waals surface area contributed by atoms with Gasteiger partial charge in [-0.25, -0.2) is 0 Å². The lowest BCUT2D eigenvalue weighted by Gasteiger charge is -2.04. The molecule has 17 heavy (non-hydrogen) atoms. The van der Waals surface area contributed by atoms with Gasteiger partial charge < -0.3 is 0 Å². The van der Waals surface area contributed by atoms with Crippen LogP contribution in [0, 0.1) is 5.92 Å². The molecule has 0 amide bonds. The summed E-state index contributed by atoms with van der Waals surface area (Å²) in [5, 5.41) is 0. The first kappa shape index (κ1) is 15.6. The van der Waals surface area contributed by atoms with Gasteiger partial charge in [0.25, 0.3) is 0 Å². The summed E-state index contributed by atoms with van der Waals surface area (Å²) in [7, 11) is 0. The molecule has 0 aliphatic heterocycles. The largest absolute Gasteiger partial charge is 0.299 e. The molecule has 0 radical (unpaired) electrons. The van der Waals surface area contributed by atoms with E-state index in [1.54, 1.807) is 6.08 Å². The molecule has 0 saturated carbocycles. The quantitative estimate of drug-likeness (QED) is 0.355. The Bertz CT molecular complexity index is 325. The van der Waals surface area contributed by atoms with Crippen molar-refractivity contribution in [3.63, 3.8) is 0 Å². The normalized spacial score (nSPS) is 14.2. The van der Waals surface area contributed by atoms with E-state index >= 15 is 0 Å². The summed E-state index contributed by atoms with van der Waals surface area (Å²) in [5.74, 6) is 0.680. The summed E-state index contributed by atoms with van der Waals surface area (Å²) in [5.41, 5.74) is 2.19. The van der Waals surface area contributed by atoms with Crippen LogP contribution in [0.3, 0.4) is 0 Å². The Morgan fingerprint density at radius 1 is 1.00 bits per heavy atom. The summed E-state index contributed by atoms with van der Waals surface area (Å²) < 4.78 is 0. The molecule has 0 N–H and O–H groups in total. The number of aldehydes is 1. The van der Waals surface area contributed by atoms with Crippen molar-refractivity contribution in [1.82, 2.24) is 0 Å². The molecule has 0 aliphatic carbocycles. The maximum atomic E-state index is 10.2. The minimum atomic E-state index is 0.680. The van der Waals surface area contributed by atoms with Crippen LogP contribution < -0.4 is 0 Å². The lowest BCUT2D eigenvalue weighted by Crippen LogP contribution is -1.90. The molecule has 0 spiro atoms. The maximum Gasteiger partial charge on any atom is 0.143 e. The second-order valence-corrected chi connectivity index (χ2v) is 4.25. The molecule has 0 aromatic heterocycles. The van der Waals surface area contributed by atoms with Crippen LogP contribution in [0.4, 0.5) is 0 Å². The molecule has 0 bridgehead atoms. The molecular weight excluding hydrogens is 208 g/mol. The first-order valence-electron chi connectivity index (χ1n) is 6.29. The van der Waals surface area contributed by atoms with E-state index in [4.69, 9.17) is 0 Å². The summed E-state index contributed by atoms with van der Waals surface area (Å²) in [6.45, 7) is 8.42. The fourth-order valence-corrected chi connectivity index (χ4v) is 1.42. The molecular formula is C16H24O. The fourth-order valence-electron chi connectivity index (χ4n) is 1.42. The highest BCUT2D eigenvalue weighted by molar-refractivity contribution is 5.66. The Morgan fingerprint density at radius 2 is 1.59 bits per heavy atom. The highest BCUT2D eigenvalue weighted by atomic mass is 16.1. The van der Waals surface area contributed by atoms with E-state index in [2.05, 4.69) is 39.0 Å². The number of carbonyl (C=O) groups excluding carboxylic acids is 1. The van der Waals surface area contributed by atoms with E-state index in [0.29, 0.717) is 5.92 Å². The van der Waals surface area contributed by atoms with Gasteiger partial charge in [0, 0.05) is 0 Å². The predicted octanol–water partition coefficient (Wildman–Crippen LogP) is 4.63. The van der Waals surface area contributed by atoms with E-state index in [9.17, 15) is 4.79 Å². The molecule has 1 heteroatoms. The summed E-state index contributed by atoms with van der Waals surface area (Å²) in [4.78, 5) is 10.2. The monoisotopic (exact) mass is 232 g/mol. The van der Waals surface area contributed by atoms with Crippen molar-refractivity contribution < 1.29 is 4.79 Å². The van der Waals surface area contributed by atoms with Crippen LogP contribution in [0.15, 0.2) is 47.6 Å². The molecule has 0 fully saturated rings. The molecule has 0 heterocycles. The molecule has 0 aliphatic rings. The van der Waals surface area contributed by atoms with E-state index in [-0.39, 0.29) is 0 Å². The molecule has 0 saturated heterocycles. The lowest BCUT2D eigenvalue weighted by atomic mass is 10.0. The predicted molar refractivity (Wildman–Crippen MR) is 75.9 cm³/mol. The summed E-state index contributed by atoms with van der Waals surface area (Å²) in [6, 6.07) is 0. The fraction of sp³-hybridized carbons (Fsp3) is 0.438. The van der Waals surface area contributed by atoms with Gasteiger partial charge in [0.1, 0.15) is 6.29 Å². The lowest BCUT2D eigenvalue weighted by molar-refractivity contribution is -0.104. The van der Waals surface area contributed by atoms with Crippen LogP contribution in [-0.4, -0.2) is 6.29 Å². The number of rotatable bonds is 7. The molecule has 0 rings (SSSR count). The van der Waals surface area contributed by atoms with Gasteiger partial charge in [-0.3, -0.25) is 4.79 Å². The Balaban J connectivity index is 4.36. The zero-order valence-electron chi connectivity index (χ0n) is 11.4. The summed E-state index contributed by atoms with van der Waals surface area (Å²) in [6.07, 6.45) is 15.2. The number of allylic oxidation sites excluding steroid dienone is 8. The SMILES string of the molecule is CCC(/C=C/C(C)=C/C=C\C(C)=C\C=O)CC. The third kappa shape index (κ3) is 8.44. The minimum Gasteiger partial charge on any atom is -0.299 e. The Labute approximate surface area is 106 Å². The molecule has 94 valence electrons. The molecule has 0 aromatic carbocycles. The second-order valence-electron chi connectivity index (χ2n) is 4.25. The van der Waals surface area contributed by atoms with E-state index in [1.165, 1.54) is 18.4 Å². The average Bonchev–Trinajstić information content (AvgIpc) is 2.30. The average molecular weight is 232 g/mol. The smallest absolute Gasteiger partial charge is 0.143 e. The Hall–Kier alpha value is -1.37. The van der Waals surface area contributed by atoms with Crippen molar-refractivity contribution in [3.8, 4) is 0 Å². The van der Waals surface area contributed by atoms with Crippen molar-refractivity contribution in [2.24, 2.45) is 5.92 Å². The van der Waals surface area contributed by atoms with Gasteiger partial charge in [-0.2, -0.15) is 0 Å². The second kappa shape index (κ2) is 9.83. The minimum absolute atomic E-state index is 0.680. The van der Waals surface area contributed by atoms with Gasteiger partial charge in [-0.1, -0.05) is 49.8 Å². The first-order chi connectivity index (χ1) is 8.13. The van der Waals surface area contributed by atoms with E-state index in [1.807, 2.05) is 19.1 Å². The highest BCUT2D eigenvalue weighted by Crippen LogP contribution is 2.10. The van der Waals surface area contributed by atoms with Crippen LogP contribution in [0.1, 0.15) is 40.5 Å². The van der Waals surface area contributed by atoms with Crippen LogP contribution in [-0.2, 0) is 4.79 Å². The van der Waals surface area contributed by atoms with Crippen molar-refractivity contribution in [2.75, 3.05) is 0 Å². The third-order valence-electron chi connectivity index (χ3n) is 2.73. The van der Waals surface area contributed by atoms with Gasteiger partial charge in [-0.05, 0) is 44.3 Å². The van der Waals surface area contributed by atoms with Crippen LogP contribution in [0.25, 0.3) is 0 Å². The van der Waals surface area contributed by atoms with Crippen molar-refractivity contribution in [1.29, 1.82) is 0 Å². The van der Waals surface area contributed by atoms with Crippen LogP contribution in [0.2, 0.25) is 0 Å². The van der Waals surface area contributed by atoms with Gasteiger partial charge in [0.05, 0.1) is 0 Å². The molecule has 0 atom stereocenters. The number of hydrogen-bond acceptors (Lipinski definition) is 1. The zero-order valence-corrected chi connectivity index (χ0v) is 11.4. The Morgan fingerprint density at radius 3 is 2.12 bits per heavy atom. The van der Waals surface area contributed by atoms with Crippen LogP contribution in [0.5, 0.6) is 0 Å². The summed E-state index contributed by atoms with van der Waals surface area (Å²) >= 11 is 0. The third-order valence-corrected chi connectivity index (χ3v) is 2.73. The van der Waals surface area contributed by atoms with Gasteiger partial charge >= 0.3 is 0 Å². The maximum absolute atomic E-state index is 10.2.